The number of halogens is 2. The van der Waals surface area contributed by atoms with Crippen molar-refractivity contribution in [1.82, 2.24) is 0 Å². The van der Waals surface area contributed by atoms with Crippen LogP contribution in [0, 0.1) is 5.92 Å². The topological polar surface area (TPSA) is 27.7 Å². The number of allylic oxidation sites excluding steroid dienone is 4. The van der Waals surface area contributed by atoms with Crippen molar-refractivity contribution in [2.75, 3.05) is 21.3 Å². The van der Waals surface area contributed by atoms with Gasteiger partial charge in [0.2, 0.25) is 5.75 Å². The maximum atomic E-state index is 6.55. The minimum Gasteiger partial charge on any atom is -0.493 e. The van der Waals surface area contributed by atoms with Gasteiger partial charge in [0.25, 0.3) is 0 Å². The van der Waals surface area contributed by atoms with Crippen LogP contribution >= 0.6 is 23.2 Å². The average Bonchev–Trinajstić information content (AvgIpc) is 2.55. The van der Waals surface area contributed by atoms with Crippen LogP contribution in [0.3, 0.4) is 0 Å². The summed E-state index contributed by atoms with van der Waals surface area (Å²) >= 11 is 13.0. The molecular formula is C18H22Cl2O3. The van der Waals surface area contributed by atoms with Gasteiger partial charge in [0, 0.05) is 0 Å². The van der Waals surface area contributed by atoms with Crippen molar-refractivity contribution in [3.05, 3.63) is 33.3 Å². The maximum Gasteiger partial charge on any atom is 0.203 e. The summed E-state index contributed by atoms with van der Waals surface area (Å²) in [6.07, 6.45) is 1.74. The molecule has 0 saturated carbocycles. The maximum absolute atomic E-state index is 6.55. The molecule has 0 unspecified atom stereocenters. The third-order valence-corrected chi connectivity index (χ3v) is 5.04. The molecule has 126 valence electrons. The van der Waals surface area contributed by atoms with Gasteiger partial charge in [0.15, 0.2) is 11.5 Å². The SMILES string of the molecule is COc1cc(C2=C(Cl)C(Cl)=C(C(C)C)CC2)cc(OC)c1OC. The van der Waals surface area contributed by atoms with Gasteiger partial charge in [-0.25, -0.2) is 0 Å². The molecule has 0 atom stereocenters. The zero-order chi connectivity index (χ0) is 17.1. The van der Waals surface area contributed by atoms with Gasteiger partial charge in [-0.3, -0.25) is 0 Å². The summed E-state index contributed by atoms with van der Waals surface area (Å²) < 4.78 is 16.2. The van der Waals surface area contributed by atoms with Crippen molar-refractivity contribution < 1.29 is 14.2 Å². The van der Waals surface area contributed by atoms with Gasteiger partial charge < -0.3 is 14.2 Å². The Morgan fingerprint density at radius 2 is 1.43 bits per heavy atom. The molecule has 0 aromatic heterocycles. The van der Waals surface area contributed by atoms with Crippen molar-refractivity contribution in [3.63, 3.8) is 0 Å². The van der Waals surface area contributed by atoms with E-state index in [1.54, 1.807) is 21.3 Å². The van der Waals surface area contributed by atoms with Crippen LogP contribution in [-0.4, -0.2) is 21.3 Å². The molecule has 1 aliphatic carbocycles. The first-order chi connectivity index (χ1) is 10.9. The summed E-state index contributed by atoms with van der Waals surface area (Å²) in [5.74, 6) is 2.16. The molecule has 1 aromatic rings. The molecule has 0 bridgehead atoms. The molecule has 0 heterocycles. The van der Waals surface area contributed by atoms with Crippen LogP contribution in [0.2, 0.25) is 0 Å². The van der Waals surface area contributed by atoms with Gasteiger partial charge in [-0.05, 0) is 47.6 Å². The van der Waals surface area contributed by atoms with Crippen LogP contribution in [0.5, 0.6) is 17.2 Å². The summed E-state index contributed by atoms with van der Waals surface area (Å²) in [5, 5.41) is 1.27. The van der Waals surface area contributed by atoms with E-state index in [1.807, 2.05) is 12.1 Å². The molecule has 23 heavy (non-hydrogen) atoms. The Balaban J connectivity index is 2.59. The molecule has 0 N–H and O–H groups in total. The fourth-order valence-electron chi connectivity index (χ4n) is 2.82. The Hall–Kier alpha value is -1.32. The zero-order valence-electron chi connectivity index (χ0n) is 14.1. The fraction of sp³-hybridized carbons (Fsp3) is 0.444. The van der Waals surface area contributed by atoms with E-state index in [1.165, 1.54) is 5.57 Å². The lowest BCUT2D eigenvalue weighted by Crippen LogP contribution is -2.05. The van der Waals surface area contributed by atoms with Crippen LogP contribution in [0.1, 0.15) is 32.3 Å². The van der Waals surface area contributed by atoms with Gasteiger partial charge >= 0.3 is 0 Å². The summed E-state index contributed by atoms with van der Waals surface area (Å²) in [7, 11) is 4.78. The van der Waals surface area contributed by atoms with E-state index < -0.39 is 0 Å². The van der Waals surface area contributed by atoms with E-state index in [0.717, 1.165) is 24.0 Å². The minimum absolute atomic E-state index is 0.387. The third-order valence-electron chi connectivity index (χ3n) is 4.09. The van der Waals surface area contributed by atoms with Crippen molar-refractivity contribution in [3.8, 4) is 17.2 Å². The highest BCUT2D eigenvalue weighted by atomic mass is 35.5. The number of hydrogen-bond acceptors (Lipinski definition) is 3. The molecule has 0 spiro atoms. The Bertz CT molecular complexity index is 635. The fourth-order valence-corrected chi connectivity index (χ4v) is 3.57. The quantitative estimate of drug-likeness (QED) is 0.686. The lowest BCUT2D eigenvalue weighted by atomic mass is 9.88. The molecule has 5 heteroatoms. The lowest BCUT2D eigenvalue weighted by molar-refractivity contribution is 0.324. The number of rotatable bonds is 5. The number of methoxy groups -OCH3 is 3. The Morgan fingerprint density at radius 3 is 1.87 bits per heavy atom. The summed E-state index contributed by atoms with van der Waals surface area (Å²) in [6, 6.07) is 3.81. The molecule has 0 fully saturated rings. The standard InChI is InChI=1S/C18H22Cl2O3/c1-10(2)12-6-7-13(17(20)16(12)19)11-8-14(21-3)18(23-5)15(9-11)22-4/h8-10H,6-7H2,1-5H3. The van der Waals surface area contributed by atoms with Crippen LogP contribution in [0.15, 0.2) is 27.8 Å². The molecule has 0 radical (unpaired) electrons. The smallest absolute Gasteiger partial charge is 0.203 e. The van der Waals surface area contributed by atoms with Crippen LogP contribution in [-0.2, 0) is 0 Å². The lowest BCUT2D eigenvalue weighted by Gasteiger charge is -2.23. The summed E-state index contributed by atoms with van der Waals surface area (Å²) in [5.41, 5.74) is 3.14. The Labute approximate surface area is 147 Å². The predicted molar refractivity (Wildman–Crippen MR) is 95.8 cm³/mol. The van der Waals surface area contributed by atoms with Crippen LogP contribution in [0.4, 0.5) is 0 Å². The van der Waals surface area contributed by atoms with Gasteiger partial charge in [-0.15, -0.1) is 0 Å². The van der Waals surface area contributed by atoms with E-state index in [-0.39, 0.29) is 0 Å². The zero-order valence-corrected chi connectivity index (χ0v) is 15.6. The van der Waals surface area contributed by atoms with Gasteiger partial charge in [0.1, 0.15) is 0 Å². The summed E-state index contributed by atoms with van der Waals surface area (Å²) in [4.78, 5) is 0. The molecule has 3 nitrogen and oxygen atoms in total. The van der Waals surface area contributed by atoms with Crippen LogP contribution < -0.4 is 14.2 Å². The largest absolute Gasteiger partial charge is 0.493 e. The summed E-state index contributed by atoms with van der Waals surface area (Å²) in [6.45, 7) is 4.26. The van der Waals surface area contributed by atoms with E-state index in [2.05, 4.69) is 13.8 Å². The van der Waals surface area contributed by atoms with Gasteiger partial charge in [-0.1, -0.05) is 37.0 Å². The van der Waals surface area contributed by atoms with Gasteiger partial charge in [-0.2, -0.15) is 0 Å². The number of hydrogen-bond donors (Lipinski definition) is 0. The predicted octanol–water partition coefficient (Wildman–Crippen LogP) is 5.61. The first-order valence-corrected chi connectivity index (χ1v) is 8.28. The number of benzene rings is 1. The van der Waals surface area contributed by atoms with Crippen LogP contribution in [0.25, 0.3) is 5.57 Å². The Kier molecular flexibility index (Phi) is 5.88. The van der Waals surface area contributed by atoms with Crippen molar-refractivity contribution >= 4 is 28.8 Å². The molecule has 0 aliphatic heterocycles. The van der Waals surface area contributed by atoms with E-state index in [0.29, 0.717) is 33.2 Å². The molecule has 0 saturated heterocycles. The third kappa shape index (κ3) is 3.46. The van der Waals surface area contributed by atoms with E-state index >= 15 is 0 Å². The first kappa shape index (κ1) is 18.0. The van der Waals surface area contributed by atoms with Crippen molar-refractivity contribution in [2.45, 2.75) is 26.7 Å². The number of ether oxygens (including phenoxy) is 3. The minimum atomic E-state index is 0.387. The van der Waals surface area contributed by atoms with Crippen molar-refractivity contribution in [1.29, 1.82) is 0 Å². The second-order valence-corrected chi connectivity index (χ2v) is 6.46. The monoisotopic (exact) mass is 356 g/mol. The highest BCUT2D eigenvalue weighted by Crippen LogP contribution is 2.46. The second-order valence-electron chi connectivity index (χ2n) is 5.70. The molecule has 1 aromatic carbocycles. The van der Waals surface area contributed by atoms with Crippen molar-refractivity contribution in [2.24, 2.45) is 5.92 Å². The van der Waals surface area contributed by atoms with E-state index in [4.69, 9.17) is 37.4 Å². The molecule has 0 amide bonds. The molecule has 1 aliphatic rings. The normalized spacial score (nSPS) is 15.3. The molecule has 2 rings (SSSR count). The van der Waals surface area contributed by atoms with E-state index in [9.17, 15) is 0 Å². The van der Waals surface area contributed by atoms with Gasteiger partial charge in [0.05, 0.1) is 31.4 Å². The average molecular weight is 357 g/mol. The highest BCUT2D eigenvalue weighted by molar-refractivity contribution is 6.46. The second kappa shape index (κ2) is 7.50. The first-order valence-electron chi connectivity index (χ1n) is 7.52. The highest BCUT2D eigenvalue weighted by Gasteiger charge is 2.24. The molecular weight excluding hydrogens is 335 g/mol. The Morgan fingerprint density at radius 1 is 0.870 bits per heavy atom.